The molecule has 0 radical (unpaired) electrons. The zero-order valence-electron chi connectivity index (χ0n) is 13.6. The van der Waals surface area contributed by atoms with Crippen LogP contribution >= 0.6 is 34.2 Å². The monoisotopic (exact) mass is 469 g/mol. The van der Waals surface area contributed by atoms with Gasteiger partial charge in [0.1, 0.15) is 0 Å². The van der Waals surface area contributed by atoms with Crippen molar-refractivity contribution >= 4 is 34.2 Å². The van der Waals surface area contributed by atoms with Gasteiger partial charge in [0.25, 0.3) is 0 Å². The number of nitrogens with zero attached hydrogens (tertiary/aromatic N) is 3. The van der Waals surface area contributed by atoms with Crippen LogP contribution in [0, 0.1) is 3.57 Å². The van der Waals surface area contributed by atoms with Gasteiger partial charge < -0.3 is 0 Å². The molecule has 0 N–H and O–H groups in total. The minimum atomic E-state index is 0.191. The van der Waals surface area contributed by atoms with Crippen LogP contribution in [0.1, 0.15) is 0 Å². The Hall–Kier alpha value is -2.31. The first-order valence-corrected chi connectivity index (χ1v) is 9.48. The van der Waals surface area contributed by atoms with E-state index >= 15 is 0 Å². The van der Waals surface area contributed by atoms with Crippen molar-refractivity contribution in [3.8, 4) is 33.9 Å². The lowest BCUT2D eigenvalue weighted by Gasteiger charge is -2.06. The van der Waals surface area contributed by atoms with Gasteiger partial charge in [0.15, 0.2) is 11.6 Å². The molecule has 4 aromatic rings. The minimum Gasteiger partial charge on any atom is -0.208 e. The minimum absolute atomic E-state index is 0.191. The molecule has 1 aromatic heterocycles. The number of halogens is 2. The van der Waals surface area contributed by atoms with E-state index in [1.165, 1.54) is 5.56 Å². The lowest BCUT2D eigenvalue weighted by atomic mass is 10.0. The molecule has 26 heavy (non-hydrogen) atoms. The molecule has 1 heterocycles. The summed E-state index contributed by atoms with van der Waals surface area (Å²) in [5.74, 6) is 1.14. The summed E-state index contributed by atoms with van der Waals surface area (Å²) in [5, 5.41) is 0.191. The molecule has 3 aromatic carbocycles. The van der Waals surface area contributed by atoms with Crippen LogP contribution in [0.25, 0.3) is 33.9 Å². The molecule has 0 saturated carbocycles. The van der Waals surface area contributed by atoms with Crippen molar-refractivity contribution < 1.29 is 0 Å². The van der Waals surface area contributed by atoms with Crippen LogP contribution in [0.2, 0.25) is 5.28 Å². The van der Waals surface area contributed by atoms with Crippen LogP contribution < -0.4 is 0 Å². The number of hydrogen-bond donors (Lipinski definition) is 0. The maximum Gasteiger partial charge on any atom is 0.226 e. The molecule has 0 fully saturated rings. The fourth-order valence-electron chi connectivity index (χ4n) is 2.68. The molecule has 0 bridgehead atoms. The highest BCUT2D eigenvalue weighted by molar-refractivity contribution is 14.1. The Morgan fingerprint density at radius 3 is 1.85 bits per heavy atom. The maximum atomic E-state index is 6.15. The zero-order valence-corrected chi connectivity index (χ0v) is 16.5. The predicted octanol–water partition coefficient (Wildman–Crippen LogP) is 6.13. The van der Waals surface area contributed by atoms with Crippen LogP contribution in [-0.2, 0) is 0 Å². The molecular weight excluding hydrogens is 457 g/mol. The molecule has 0 saturated heterocycles. The van der Waals surface area contributed by atoms with E-state index in [-0.39, 0.29) is 5.28 Å². The average Bonchev–Trinajstić information content (AvgIpc) is 2.68. The fourth-order valence-corrected chi connectivity index (χ4v) is 3.38. The molecule has 0 atom stereocenters. The van der Waals surface area contributed by atoms with E-state index < -0.39 is 0 Å². The van der Waals surface area contributed by atoms with E-state index in [0.717, 1.165) is 20.3 Å². The van der Waals surface area contributed by atoms with Crippen molar-refractivity contribution in [2.45, 2.75) is 0 Å². The quantitative estimate of drug-likeness (QED) is 0.339. The highest BCUT2D eigenvalue weighted by atomic mass is 127. The second-order valence-electron chi connectivity index (χ2n) is 5.71. The van der Waals surface area contributed by atoms with Gasteiger partial charge in [0, 0.05) is 14.7 Å². The van der Waals surface area contributed by atoms with Crippen LogP contribution in [0.3, 0.4) is 0 Å². The first kappa shape index (κ1) is 17.1. The Kier molecular flexibility index (Phi) is 4.95. The number of benzene rings is 3. The summed E-state index contributed by atoms with van der Waals surface area (Å²) in [7, 11) is 0. The molecule has 5 heteroatoms. The van der Waals surface area contributed by atoms with E-state index in [9.17, 15) is 0 Å². The second kappa shape index (κ2) is 7.51. The number of hydrogen-bond acceptors (Lipinski definition) is 3. The van der Waals surface area contributed by atoms with Gasteiger partial charge in [-0.05, 0) is 57.5 Å². The molecule has 0 spiro atoms. The van der Waals surface area contributed by atoms with Gasteiger partial charge in [-0.25, -0.2) is 4.98 Å². The highest BCUT2D eigenvalue weighted by Crippen LogP contribution is 2.25. The third-order valence-electron chi connectivity index (χ3n) is 3.94. The van der Waals surface area contributed by atoms with E-state index in [2.05, 4.69) is 61.8 Å². The third kappa shape index (κ3) is 3.76. The van der Waals surface area contributed by atoms with Crippen molar-refractivity contribution in [1.82, 2.24) is 15.0 Å². The molecule has 0 aliphatic rings. The van der Waals surface area contributed by atoms with Gasteiger partial charge in [0.2, 0.25) is 5.28 Å². The van der Waals surface area contributed by atoms with Gasteiger partial charge in [-0.3, -0.25) is 0 Å². The summed E-state index contributed by atoms with van der Waals surface area (Å²) in [5.41, 5.74) is 4.14. The van der Waals surface area contributed by atoms with Crippen molar-refractivity contribution in [1.29, 1.82) is 0 Å². The highest BCUT2D eigenvalue weighted by Gasteiger charge is 2.10. The fraction of sp³-hybridized carbons (Fsp3) is 0. The van der Waals surface area contributed by atoms with Crippen LogP contribution in [0.15, 0.2) is 78.9 Å². The first-order chi connectivity index (χ1) is 12.7. The van der Waals surface area contributed by atoms with Crippen LogP contribution in [0.5, 0.6) is 0 Å². The topological polar surface area (TPSA) is 38.7 Å². The van der Waals surface area contributed by atoms with E-state index in [0.29, 0.717) is 11.6 Å². The Balaban J connectivity index is 1.72. The largest absolute Gasteiger partial charge is 0.226 e. The molecule has 4 rings (SSSR count). The lowest BCUT2D eigenvalue weighted by Crippen LogP contribution is -1.97. The van der Waals surface area contributed by atoms with E-state index in [1.807, 2.05) is 54.6 Å². The summed E-state index contributed by atoms with van der Waals surface area (Å²) < 4.78 is 1.12. The van der Waals surface area contributed by atoms with Crippen LogP contribution in [-0.4, -0.2) is 15.0 Å². The average molecular weight is 470 g/mol. The third-order valence-corrected chi connectivity index (χ3v) is 4.78. The maximum absolute atomic E-state index is 6.15. The van der Waals surface area contributed by atoms with E-state index in [1.54, 1.807) is 0 Å². The summed E-state index contributed by atoms with van der Waals surface area (Å²) >= 11 is 8.42. The molecule has 0 aliphatic heterocycles. The Bertz CT molecular complexity index is 1050. The molecular formula is C21H13ClIN3. The smallest absolute Gasteiger partial charge is 0.208 e. The SMILES string of the molecule is Clc1nc(-c2ccc(-c3ccccc3)cc2)nc(-c2cccc(I)c2)n1. The summed E-state index contributed by atoms with van der Waals surface area (Å²) in [4.78, 5) is 13.2. The number of rotatable bonds is 3. The molecule has 0 amide bonds. The molecule has 0 aliphatic carbocycles. The summed E-state index contributed by atoms with van der Waals surface area (Å²) in [6.45, 7) is 0. The van der Waals surface area contributed by atoms with Crippen LogP contribution in [0.4, 0.5) is 0 Å². The molecule has 3 nitrogen and oxygen atoms in total. The number of aromatic nitrogens is 3. The van der Waals surface area contributed by atoms with Gasteiger partial charge in [0.05, 0.1) is 0 Å². The first-order valence-electron chi connectivity index (χ1n) is 8.02. The normalized spacial score (nSPS) is 10.7. The lowest BCUT2D eigenvalue weighted by molar-refractivity contribution is 1.07. The van der Waals surface area contributed by atoms with Crippen molar-refractivity contribution in [2.24, 2.45) is 0 Å². The second-order valence-corrected chi connectivity index (χ2v) is 7.29. The zero-order chi connectivity index (χ0) is 17.9. The van der Waals surface area contributed by atoms with Gasteiger partial charge in [-0.2, -0.15) is 9.97 Å². The Morgan fingerprint density at radius 2 is 1.15 bits per heavy atom. The van der Waals surface area contributed by atoms with Crippen molar-refractivity contribution in [3.63, 3.8) is 0 Å². The predicted molar refractivity (Wildman–Crippen MR) is 114 cm³/mol. The van der Waals surface area contributed by atoms with Gasteiger partial charge in [-0.15, -0.1) is 0 Å². The van der Waals surface area contributed by atoms with E-state index in [4.69, 9.17) is 11.6 Å². The standard InChI is InChI=1S/C21H13ClIN3/c22-21-25-19(24-20(26-21)17-7-4-8-18(23)13-17)16-11-9-15(10-12-16)14-5-2-1-3-6-14/h1-13H. The van der Waals surface area contributed by atoms with Gasteiger partial charge in [-0.1, -0.05) is 66.7 Å². The molecule has 0 unspecified atom stereocenters. The molecule has 126 valence electrons. The summed E-state index contributed by atoms with van der Waals surface area (Å²) in [6.07, 6.45) is 0. The van der Waals surface area contributed by atoms with Crippen molar-refractivity contribution in [3.05, 3.63) is 87.7 Å². The van der Waals surface area contributed by atoms with Gasteiger partial charge >= 0.3 is 0 Å². The summed E-state index contributed by atoms with van der Waals surface area (Å²) in [6, 6.07) is 26.4. The Morgan fingerprint density at radius 1 is 0.577 bits per heavy atom. The van der Waals surface area contributed by atoms with Crippen molar-refractivity contribution in [2.75, 3.05) is 0 Å². The Labute approximate surface area is 170 Å².